The Morgan fingerprint density at radius 1 is 1.14 bits per heavy atom. The normalized spacial score (nSPS) is 16.6. The number of benzene rings is 1. The molecule has 5 rings (SSSR count). The zero-order chi connectivity index (χ0) is 19.8. The predicted octanol–water partition coefficient (Wildman–Crippen LogP) is 5.84. The average Bonchev–Trinajstić information content (AvgIpc) is 3.14. The Kier molecular flexibility index (Phi) is 4.31. The van der Waals surface area contributed by atoms with E-state index in [0.29, 0.717) is 17.9 Å². The molecule has 2 aromatic heterocycles. The molecule has 1 fully saturated rings. The minimum atomic E-state index is -0.297. The van der Waals surface area contributed by atoms with Gasteiger partial charge in [-0.15, -0.1) is 0 Å². The molecule has 6 heteroatoms. The zero-order valence-corrected chi connectivity index (χ0v) is 16.1. The quantitative estimate of drug-likeness (QED) is 0.463. The SMILES string of the molecule is N#CCCC1(c2nc3c([nH]2)-c2ccc(F)cc2Nc2ncccc2-3)CCCCC1. The minimum absolute atomic E-state index is 0.101. The zero-order valence-electron chi connectivity index (χ0n) is 16.1. The molecule has 146 valence electrons. The van der Waals surface area contributed by atoms with Gasteiger partial charge in [0.25, 0.3) is 0 Å². The molecule has 1 aliphatic carbocycles. The summed E-state index contributed by atoms with van der Waals surface area (Å²) < 4.78 is 14.0. The first-order valence-electron chi connectivity index (χ1n) is 10.2. The van der Waals surface area contributed by atoms with Crippen molar-refractivity contribution in [2.24, 2.45) is 0 Å². The van der Waals surface area contributed by atoms with Gasteiger partial charge in [-0.2, -0.15) is 5.26 Å². The van der Waals surface area contributed by atoms with Crippen molar-refractivity contribution in [2.45, 2.75) is 50.4 Å². The summed E-state index contributed by atoms with van der Waals surface area (Å²) in [4.78, 5) is 13.1. The maximum atomic E-state index is 14.0. The lowest BCUT2D eigenvalue weighted by Crippen LogP contribution is -2.30. The van der Waals surface area contributed by atoms with Crippen LogP contribution in [0.15, 0.2) is 36.5 Å². The number of pyridine rings is 1. The fourth-order valence-electron chi connectivity index (χ4n) is 4.80. The van der Waals surface area contributed by atoms with Crippen molar-refractivity contribution in [1.29, 1.82) is 5.26 Å². The molecule has 5 nitrogen and oxygen atoms in total. The van der Waals surface area contributed by atoms with Crippen molar-refractivity contribution in [3.05, 3.63) is 48.2 Å². The first-order valence-corrected chi connectivity index (χ1v) is 10.2. The number of H-pyrrole nitrogens is 1. The smallest absolute Gasteiger partial charge is 0.139 e. The van der Waals surface area contributed by atoms with Gasteiger partial charge in [-0.25, -0.2) is 14.4 Å². The molecule has 3 heterocycles. The summed E-state index contributed by atoms with van der Waals surface area (Å²) >= 11 is 0. The van der Waals surface area contributed by atoms with Crippen molar-refractivity contribution in [1.82, 2.24) is 15.0 Å². The number of hydrogen-bond donors (Lipinski definition) is 2. The highest BCUT2D eigenvalue weighted by Crippen LogP contribution is 2.47. The summed E-state index contributed by atoms with van der Waals surface area (Å²) in [6, 6.07) is 10.9. The van der Waals surface area contributed by atoms with Crippen molar-refractivity contribution in [2.75, 3.05) is 5.32 Å². The molecule has 0 radical (unpaired) electrons. The summed E-state index contributed by atoms with van der Waals surface area (Å²) in [5.41, 5.74) is 4.07. The van der Waals surface area contributed by atoms with Crippen LogP contribution in [0.25, 0.3) is 22.5 Å². The van der Waals surface area contributed by atoms with Gasteiger partial charge in [0.1, 0.15) is 23.2 Å². The van der Waals surface area contributed by atoms with Crippen LogP contribution in [-0.2, 0) is 5.41 Å². The summed E-state index contributed by atoms with van der Waals surface area (Å²) in [7, 11) is 0. The average molecular weight is 387 g/mol. The number of anilines is 2. The molecule has 0 spiro atoms. The van der Waals surface area contributed by atoms with Crippen molar-refractivity contribution in [3.8, 4) is 28.6 Å². The molecule has 1 aromatic carbocycles. The maximum absolute atomic E-state index is 14.0. The van der Waals surface area contributed by atoms with Gasteiger partial charge in [0, 0.05) is 29.2 Å². The number of imidazole rings is 1. The van der Waals surface area contributed by atoms with E-state index in [-0.39, 0.29) is 11.2 Å². The fraction of sp³-hybridized carbons (Fsp3) is 0.348. The maximum Gasteiger partial charge on any atom is 0.139 e. The van der Waals surface area contributed by atoms with Crippen LogP contribution in [-0.4, -0.2) is 15.0 Å². The van der Waals surface area contributed by atoms with E-state index >= 15 is 0 Å². The van der Waals surface area contributed by atoms with E-state index in [4.69, 9.17) is 4.98 Å². The Hall–Kier alpha value is -3.20. The summed E-state index contributed by atoms with van der Waals surface area (Å²) in [6.45, 7) is 0. The van der Waals surface area contributed by atoms with Crippen LogP contribution >= 0.6 is 0 Å². The molecule has 0 bridgehead atoms. The second-order valence-corrected chi connectivity index (χ2v) is 8.02. The summed E-state index contributed by atoms with van der Waals surface area (Å²) in [6.07, 6.45) is 8.66. The van der Waals surface area contributed by atoms with Crippen LogP contribution in [0.2, 0.25) is 0 Å². The highest BCUT2D eigenvalue weighted by molar-refractivity contribution is 5.94. The van der Waals surface area contributed by atoms with E-state index < -0.39 is 0 Å². The van der Waals surface area contributed by atoms with Gasteiger partial charge in [-0.05, 0) is 49.6 Å². The number of rotatable bonds is 3. The molecule has 2 N–H and O–H groups in total. The van der Waals surface area contributed by atoms with Crippen molar-refractivity contribution in [3.63, 3.8) is 0 Å². The monoisotopic (exact) mass is 387 g/mol. The van der Waals surface area contributed by atoms with E-state index in [1.54, 1.807) is 12.3 Å². The van der Waals surface area contributed by atoms with Crippen LogP contribution in [0.5, 0.6) is 0 Å². The number of nitrogens with zero attached hydrogens (tertiary/aromatic N) is 3. The number of aromatic amines is 1. The molecular formula is C23H22FN5. The minimum Gasteiger partial charge on any atom is -0.341 e. The van der Waals surface area contributed by atoms with Gasteiger partial charge < -0.3 is 10.3 Å². The first-order chi connectivity index (χ1) is 14.2. The van der Waals surface area contributed by atoms with Crippen molar-refractivity contribution < 1.29 is 4.39 Å². The fourth-order valence-corrected chi connectivity index (χ4v) is 4.80. The number of nitrogens with one attached hydrogen (secondary N) is 2. The highest BCUT2D eigenvalue weighted by atomic mass is 19.1. The lowest BCUT2D eigenvalue weighted by atomic mass is 9.70. The van der Waals surface area contributed by atoms with E-state index in [2.05, 4.69) is 21.4 Å². The van der Waals surface area contributed by atoms with Crippen molar-refractivity contribution >= 4 is 11.5 Å². The number of nitriles is 1. The lowest BCUT2D eigenvalue weighted by molar-refractivity contribution is 0.264. The van der Waals surface area contributed by atoms with Gasteiger partial charge in [-0.1, -0.05) is 19.3 Å². The van der Waals surface area contributed by atoms with Crippen LogP contribution < -0.4 is 5.32 Å². The Bertz CT molecular complexity index is 1100. The first kappa shape index (κ1) is 17.9. The second-order valence-electron chi connectivity index (χ2n) is 8.02. The van der Waals surface area contributed by atoms with Crippen LogP contribution in [0.3, 0.4) is 0 Å². The highest BCUT2D eigenvalue weighted by Gasteiger charge is 2.38. The number of fused-ring (bicyclic) bond motifs is 5. The van der Waals surface area contributed by atoms with Gasteiger partial charge in [0.2, 0.25) is 0 Å². The number of hydrogen-bond acceptors (Lipinski definition) is 4. The van der Waals surface area contributed by atoms with E-state index in [9.17, 15) is 9.65 Å². The summed E-state index contributed by atoms with van der Waals surface area (Å²) in [5.74, 6) is 1.32. The Morgan fingerprint density at radius 3 is 2.83 bits per heavy atom. The lowest BCUT2D eigenvalue weighted by Gasteiger charge is -2.35. The molecule has 0 amide bonds. The topological polar surface area (TPSA) is 77.4 Å². The van der Waals surface area contributed by atoms with E-state index in [0.717, 1.165) is 60.4 Å². The predicted molar refractivity (Wildman–Crippen MR) is 110 cm³/mol. The third kappa shape index (κ3) is 2.98. The molecule has 0 atom stereocenters. The third-order valence-electron chi connectivity index (χ3n) is 6.30. The molecule has 29 heavy (non-hydrogen) atoms. The Balaban J connectivity index is 1.72. The largest absolute Gasteiger partial charge is 0.341 e. The number of halogens is 1. The van der Waals surface area contributed by atoms with Gasteiger partial charge >= 0.3 is 0 Å². The molecule has 0 unspecified atom stereocenters. The molecule has 1 aliphatic heterocycles. The standard InChI is InChI=1S/C23H22FN5/c24-15-7-8-16-18(14-15)27-21-17(6-4-13-26-21)20-19(16)28-22(29-20)23(11-5-12-25)9-2-1-3-10-23/h4,6-8,13-14H,1-3,5,9-11H2,(H,26,27)(H,28,29). The van der Waals surface area contributed by atoms with Crippen LogP contribution in [0.1, 0.15) is 50.8 Å². The van der Waals surface area contributed by atoms with Crippen LogP contribution in [0.4, 0.5) is 15.9 Å². The van der Waals surface area contributed by atoms with E-state index in [1.165, 1.54) is 18.6 Å². The molecule has 1 saturated carbocycles. The van der Waals surface area contributed by atoms with Gasteiger partial charge in [0.05, 0.1) is 17.5 Å². The second kappa shape index (κ2) is 7.00. The summed E-state index contributed by atoms with van der Waals surface area (Å²) in [5, 5.41) is 12.5. The molecule has 0 saturated heterocycles. The van der Waals surface area contributed by atoms with Gasteiger partial charge in [0.15, 0.2) is 0 Å². The Morgan fingerprint density at radius 2 is 2.00 bits per heavy atom. The van der Waals surface area contributed by atoms with Crippen LogP contribution in [0, 0.1) is 17.1 Å². The molecule has 3 aromatic rings. The number of aromatic nitrogens is 3. The Labute approximate surface area is 169 Å². The molecule has 2 aliphatic rings. The van der Waals surface area contributed by atoms with E-state index in [1.807, 2.05) is 12.1 Å². The molecular weight excluding hydrogens is 365 g/mol. The third-order valence-corrected chi connectivity index (χ3v) is 6.30. The van der Waals surface area contributed by atoms with Gasteiger partial charge in [-0.3, -0.25) is 0 Å².